The first-order valence-corrected chi connectivity index (χ1v) is 13.2. The van der Waals surface area contributed by atoms with Crippen molar-refractivity contribution in [2.75, 3.05) is 20.1 Å². The molecule has 38 heavy (non-hydrogen) atoms. The number of hydrogen-bond donors (Lipinski definition) is 2. The Morgan fingerprint density at radius 3 is 2.45 bits per heavy atom. The number of furan rings is 1. The molecule has 1 aromatic heterocycles. The molecule has 192 valence electrons. The van der Waals surface area contributed by atoms with Crippen LogP contribution in [0, 0.1) is 11.7 Å². The standard InChI is InChI=1S/C31H28FN3O3/c1-33-30(37)27-23-16-20(7-10-26(23)38-28(27)18-5-8-22(32)9-6-18)19-3-2-4-21(15-19)29(36)34-25-17-35-14-13-31(35)12-11-24(25)31/h2-10,15-16,24-25H,11-14,17H2,1H3,(H,33,37)(H,34,36). The average molecular weight is 510 g/mol. The van der Waals surface area contributed by atoms with Crippen LogP contribution in [-0.4, -0.2) is 48.4 Å². The third kappa shape index (κ3) is 3.42. The summed E-state index contributed by atoms with van der Waals surface area (Å²) in [5.74, 6) is 0.270. The fraction of sp³-hybridized carbons (Fsp3) is 0.290. The van der Waals surface area contributed by atoms with Gasteiger partial charge in [-0.25, -0.2) is 4.39 Å². The Balaban J connectivity index is 1.21. The first-order valence-electron chi connectivity index (χ1n) is 13.2. The molecule has 7 rings (SSSR count). The van der Waals surface area contributed by atoms with Crippen LogP contribution in [-0.2, 0) is 0 Å². The summed E-state index contributed by atoms with van der Waals surface area (Å²) in [6, 6.07) is 19.4. The molecule has 1 aliphatic carbocycles. The summed E-state index contributed by atoms with van der Waals surface area (Å²) in [5.41, 5.74) is 4.30. The summed E-state index contributed by atoms with van der Waals surface area (Å²) in [6.07, 6.45) is 3.72. The second-order valence-corrected chi connectivity index (χ2v) is 10.7. The summed E-state index contributed by atoms with van der Waals surface area (Å²) in [4.78, 5) is 28.7. The van der Waals surface area contributed by atoms with Gasteiger partial charge in [0.05, 0.1) is 5.56 Å². The number of nitrogens with zero attached hydrogens (tertiary/aromatic N) is 1. The normalized spacial score (nSPS) is 23.7. The summed E-state index contributed by atoms with van der Waals surface area (Å²) < 4.78 is 19.6. The summed E-state index contributed by atoms with van der Waals surface area (Å²) in [6.45, 7) is 2.10. The van der Waals surface area contributed by atoms with E-state index in [4.69, 9.17) is 4.42 Å². The van der Waals surface area contributed by atoms with Crippen molar-refractivity contribution in [3.05, 3.63) is 83.7 Å². The van der Waals surface area contributed by atoms with E-state index in [1.807, 2.05) is 42.5 Å². The number of carbonyl (C=O) groups is 2. The Morgan fingerprint density at radius 2 is 1.76 bits per heavy atom. The third-order valence-corrected chi connectivity index (χ3v) is 8.95. The van der Waals surface area contributed by atoms with Gasteiger partial charge < -0.3 is 15.1 Å². The largest absolute Gasteiger partial charge is 0.455 e. The fourth-order valence-electron chi connectivity index (χ4n) is 6.79. The van der Waals surface area contributed by atoms with Crippen molar-refractivity contribution in [2.45, 2.75) is 30.8 Å². The fourth-order valence-corrected chi connectivity index (χ4v) is 6.79. The molecule has 1 spiro atoms. The van der Waals surface area contributed by atoms with E-state index in [2.05, 4.69) is 15.5 Å². The van der Waals surface area contributed by atoms with E-state index in [1.54, 1.807) is 19.2 Å². The van der Waals surface area contributed by atoms with E-state index < -0.39 is 0 Å². The second kappa shape index (κ2) is 8.53. The molecule has 3 heterocycles. The minimum Gasteiger partial charge on any atom is -0.455 e. The van der Waals surface area contributed by atoms with Crippen LogP contribution < -0.4 is 10.6 Å². The molecule has 2 saturated heterocycles. The van der Waals surface area contributed by atoms with Gasteiger partial charge in [-0.2, -0.15) is 0 Å². The molecule has 0 radical (unpaired) electrons. The minimum atomic E-state index is -0.359. The van der Waals surface area contributed by atoms with E-state index in [0.717, 1.165) is 24.2 Å². The number of halogens is 1. The molecule has 4 aromatic rings. The van der Waals surface area contributed by atoms with Gasteiger partial charge in [-0.1, -0.05) is 18.2 Å². The molecule has 3 aliphatic rings. The number of rotatable bonds is 5. The zero-order valence-corrected chi connectivity index (χ0v) is 21.1. The maximum atomic E-state index is 13.5. The highest BCUT2D eigenvalue weighted by Gasteiger charge is 2.63. The molecule has 2 aliphatic heterocycles. The number of fused-ring (bicyclic) bond motifs is 1. The molecule has 0 bridgehead atoms. The van der Waals surface area contributed by atoms with E-state index in [0.29, 0.717) is 44.9 Å². The quantitative estimate of drug-likeness (QED) is 0.386. The van der Waals surface area contributed by atoms with Crippen molar-refractivity contribution in [3.63, 3.8) is 0 Å². The van der Waals surface area contributed by atoms with Crippen LogP contribution in [0.2, 0.25) is 0 Å². The molecule has 3 aromatic carbocycles. The number of nitrogens with one attached hydrogen (secondary N) is 2. The molecule has 2 amide bonds. The Labute approximate surface area is 219 Å². The molecule has 1 saturated carbocycles. The van der Waals surface area contributed by atoms with Crippen LogP contribution in [0.4, 0.5) is 4.39 Å². The van der Waals surface area contributed by atoms with Gasteiger partial charge in [0.2, 0.25) is 0 Å². The highest BCUT2D eigenvalue weighted by Crippen LogP contribution is 2.57. The molecule has 2 N–H and O–H groups in total. The minimum absolute atomic E-state index is 0.0459. The van der Waals surface area contributed by atoms with Crippen molar-refractivity contribution < 1.29 is 18.4 Å². The number of carbonyl (C=O) groups excluding carboxylic acids is 2. The molecule has 6 nitrogen and oxygen atoms in total. The Morgan fingerprint density at radius 1 is 0.974 bits per heavy atom. The van der Waals surface area contributed by atoms with Crippen molar-refractivity contribution in [1.82, 2.24) is 15.5 Å². The third-order valence-electron chi connectivity index (χ3n) is 8.95. The number of amides is 2. The van der Waals surface area contributed by atoms with Crippen LogP contribution in [0.15, 0.2) is 71.1 Å². The van der Waals surface area contributed by atoms with Crippen molar-refractivity contribution in [3.8, 4) is 22.5 Å². The molecular formula is C31H28FN3O3. The van der Waals surface area contributed by atoms with Crippen LogP contribution >= 0.6 is 0 Å². The predicted octanol–water partition coefficient (Wildman–Crippen LogP) is 5.23. The average Bonchev–Trinajstić information content (AvgIpc) is 3.34. The van der Waals surface area contributed by atoms with Crippen molar-refractivity contribution in [1.29, 1.82) is 0 Å². The lowest BCUT2D eigenvalue weighted by atomic mass is 9.61. The SMILES string of the molecule is CNC(=O)c1c(-c2ccc(F)cc2)oc2ccc(-c3cccc(C(=O)NC4CN5CCC56CCC46)c3)cc12. The monoisotopic (exact) mass is 509 g/mol. The highest BCUT2D eigenvalue weighted by molar-refractivity contribution is 6.11. The van der Waals surface area contributed by atoms with Gasteiger partial charge in [0.1, 0.15) is 17.2 Å². The zero-order valence-electron chi connectivity index (χ0n) is 21.1. The summed E-state index contributed by atoms with van der Waals surface area (Å²) in [5, 5.41) is 6.66. The maximum absolute atomic E-state index is 13.5. The number of hydrogen-bond acceptors (Lipinski definition) is 4. The summed E-state index contributed by atoms with van der Waals surface area (Å²) >= 11 is 0. The Bertz CT molecular complexity index is 1590. The van der Waals surface area contributed by atoms with Crippen molar-refractivity contribution >= 4 is 22.8 Å². The van der Waals surface area contributed by atoms with Crippen LogP contribution in [0.3, 0.4) is 0 Å². The van der Waals surface area contributed by atoms with E-state index in [-0.39, 0.29) is 23.7 Å². The summed E-state index contributed by atoms with van der Waals surface area (Å²) in [7, 11) is 1.57. The van der Waals surface area contributed by atoms with Gasteiger partial charge in [0.25, 0.3) is 11.8 Å². The van der Waals surface area contributed by atoms with Gasteiger partial charge in [-0.15, -0.1) is 0 Å². The lowest BCUT2D eigenvalue weighted by Crippen LogP contribution is -2.64. The predicted molar refractivity (Wildman–Crippen MR) is 143 cm³/mol. The zero-order chi connectivity index (χ0) is 26.0. The van der Waals surface area contributed by atoms with Crippen LogP contribution in [0.5, 0.6) is 0 Å². The molecule has 3 unspecified atom stereocenters. The van der Waals surface area contributed by atoms with Gasteiger partial charge in [-0.05, 0) is 84.8 Å². The van der Waals surface area contributed by atoms with Gasteiger partial charge in [0.15, 0.2) is 0 Å². The lowest BCUT2D eigenvalue weighted by molar-refractivity contribution is -0.0676. The maximum Gasteiger partial charge on any atom is 0.255 e. The van der Waals surface area contributed by atoms with E-state index in [1.165, 1.54) is 31.4 Å². The van der Waals surface area contributed by atoms with E-state index in [9.17, 15) is 14.0 Å². The van der Waals surface area contributed by atoms with Crippen LogP contribution in [0.25, 0.3) is 33.4 Å². The first kappa shape index (κ1) is 23.2. The van der Waals surface area contributed by atoms with Gasteiger partial charge in [-0.3, -0.25) is 14.5 Å². The second-order valence-electron chi connectivity index (χ2n) is 10.7. The topological polar surface area (TPSA) is 74.6 Å². The first-order chi connectivity index (χ1) is 18.5. The van der Waals surface area contributed by atoms with Crippen molar-refractivity contribution in [2.24, 2.45) is 5.92 Å². The van der Waals surface area contributed by atoms with Gasteiger partial charge in [0, 0.05) is 48.2 Å². The van der Waals surface area contributed by atoms with Crippen LogP contribution in [0.1, 0.15) is 40.0 Å². The molecular weight excluding hydrogens is 481 g/mol. The highest BCUT2D eigenvalue weighted by atomic mass is 19.1. The number of benzene rings is 3. The molecule has 3 atom stereocenters. The molecule has 7 heteroatoms. The Hall–Kier alpha value is -3.97. The van der Waals surface area contributed by atoms with E-state index >= 15 is 0 Å². The lowest BCUT2D eigenvalue weighted by Gasteiger charge is -2.58. The Kier molecular flexibility index (Phi) is 5.20. The molecule has 3 fully saturated rings. The van der Waals surface area contributed by atoms with Gasteiger partial charge >= 0.3 is 0 Å². The smallest absolute Gasteiger partial charge is 0.255 e.